The number of hydrogen-bond donors (Lipinski definition) is 0. The van der Waals surface area contributed by atoms with Gasteiger partial charge in [-0.05, 0) is 58.8 Å². The van der Waals surface area contributed by atoms with Gasteiger partial charge in [0.2, 0.25) is 0 Å². The number of hydrogen-bond acceptors (Lipinski definition) is 6. The summed E-state index contributed by atoms with van der Waals surface area (Å²) in [5.41, 5.74) is 3.26. The van der Waals surface area contributed by atoms with Gasteiger partial charge < -0.3 is 14.4 Å². The van der Waals surface area contributed by atoms with Crippen LogP contribution in [0.15, 0.2) is 87.2 Å². The third kappa shape index (κ3) is 6.63. The number of thioether (sulfide) groups is 1. The molecule has 2 heterocycles. The van der Waals surface area contributed by atoms with Crippen LogP contribution < -0.4 is 9.47 Å². The van der Waals surface area contributed by atoms with E-state index in [0.717, 1.165) is 53.5 Å². The summed E-state index contributed by atoms with van der Waals surface area (Å²) in [4.78, 5) is 22.3. The van der Waals surface area contributed by atoms with Crippen molar-refractivity contribution < 1.29 is 14.3 Å². The van der Waals surface area contributed by atoms with Crippen molar-refractivity contribution in [1.82, 2.24) is 9.80 Å². The number of aliphatic imine (C=N–C) groups is 1. The summed E-state index contributed by atoms with van der Waals surface area (Å²) < 4.78 is 12.6. The van der Waals surface area contributed by atoms with Crippen LogP contribution in [-0.2, 0) is 17.9 Å². The van der Waals surface area contributed by atoms with E-state index in [0.29, 0.717) is 23.0 Å². The Morgan fingerprint density at radius 1 is 0.946 bits per heavy atom. The summed E-state index contributed by atoms with van der Waals surface area (Å²) in [6.07, 6.45) is 1.87. The smallest absolute Gasteiger partial charge is 0.286 e. The van der Waals surface area contributed by atoms with E-state index in [1.165, 1.54) is 17.3 Å². The molecule has 0 unspecified atom stereocenters. The molecule has 3 aromatic rings. The largest absolute Gasteiger partial charge is 0.493 e. The molecule has 1 amide bonds. The van der Waals surface area contributed by atoms with Gasteiger partial charge in [0.05, 0.1) is 12.0 Å². The van der Waals surface area contributed by atoms with Crippen LogP contribution >= 0.6 is 27.7 Å². The first kappa shape index (κ1) is 25.6. The maximum atomic E-state index is 12.7. The van der Waals surface area contributed by atoms with Gasteiger partial charge in [-0.3, -0.25) is 9.69 Å². The van der Waals surface area contributed by atoms with Crippen molar-refractivity contribution >= 4 is 44.8 Å². The number of halogens is 1. The van der Waals surface area contributed by atoms with Gasteiger partial charge in [0.15, 0.2) is 16.7 Å². The molecule has 2 aliphatic heterocycles. The van der Waals surface area contributed by atoms with Gasteiger partial charge in [-0.1, -0.05) is 64.5 Å². The first-order chi connectivity index (χ1) is 18.1. The molecular formula is C29H28BrN3O3S. The number of methoxy groups -OCH3 is 1. The average molecular weight is 579 g/mol. The lowest BCUT2D eigenvalue weighted by Crippen LogP contribution is -2.47. The van der Waals surface area contributed by atoms with E-state index in [9.17, 15) is 4.79 Å². The molecule has 0 aliphatic carbocycles. The second kappa shape index (κ2) is 12.0. The summed E-state index contributed by atoms with van der Waals surface area (Å²) >= 11 is 4.89. The van der Waals surface area contributed by atoms with Gasteiger partial charge in [0, 0.05) is 37.2 Å². The fourth-order valence-electron chi connectivity index (χ4n) is 4.26. The number of ether oxygens (including phenoxy) is 2. The molecular weight excluding hydrogens is 550 g/mol. The minimum atomic E-state index is -0.193. The maximum absolute atomic E-state index is 12.7. The predicted molar refractivity (Wildman–Crippen MR) is 153 cm³/mol. The summed E-state index contributed by atoms with van der Waals surface area (Å²) in [6.45, 7) is 4.99. The van der Waals surface area contributed by atoms with Crippen molar-refractivity contribution in [3.63, 3.8) is 0 Å². The Labute approximate surface area is 230 Å². The van der Waals surface area contributed by atoms with E-state index >= 15 is 0 Å². The summed E-state index contributed by atoms with van der Waals surface area (Å²) in [7, 11) is 1.62. The molecule has 0 bridgehead atoms. The maximum Gasteiger partial charge on any atom is 0.286 e. The van der Waals surface area contributed by atoms with Crippen molar-refractivity contribution in [1.29, 1.82) is 0 Å². The number of benzene rings is 3. The van der Waals surface area contributed by atoms with E-state index in [1.54, 1.807) is 7.11 Å². The first-order valence-electron chi connectivity index (χ1n) is 12.2. The molecule has 1 saturated heterocycles. The van der Waals surface area contributed by atoms with E-state index in [2.05, 4.69) is 55.0 Å². The number of carbonyl (C=O) groups excluding carboxylic acids is 1. The number of rotatable bonds is 7. The van der Waals surface area contributed by atoms with Crippen LogP contribution in [0.3, 0.4) is 0 Å². The van der Waals surface area contributed by atoms with E-state index in [-0.39, 0.29) is 5.91 Å². The zero-order valence-corrected chi connectivity index (χ0v) is 23.0. The normalized spacial score (nSPS) is 17.2. The van der Waals surface area contributed by atoms with Gasteiger partial charge in [-0.15, -0.1) is 0 Å². The zero-order chi connectivity index (χ0) is 25.6. The van der Waals surface area contributed by atoms with Crippen LogP contribution in [0.25, 0.3) is 6.08 Å². The van der Waals surface area contributed by atoms with E-state index in [4.69, 9.17) is 9.47 Å². The zero-order valence-electron chi connectivity index (χ0n) is 20.6. The highest BCUT2D eigenvalue weighted by atomic mass is 79.9. The average Bonchev–Trinajstić information content (AvgIpc) is 3.29. The third-order valence-corrected chi connectivity index (χ3v) is 7.87. The van der Waals surface area contributed by atoms with Crippen LogP contribution in [0, 0.1) is 0 Å². The second-order valence-electron chi connectivity index (χ2n) is 8.88. The van der Waals surface area contributed by atoms with Gasteiger partial charge in [-0.2, -0.15) is 4.99 Å². The first-order valence-corrected chi connectivity index (χ1v) is 13.8. The van der Waals surface area contributed by atoms with E-state index in [1.807, 2.05) is 54.6 Å². The molecule has 190 valence electrons. The van der Waals surface area contributed by atoms with Gasteiger partial charge in [-0.25, -0.2) is 0 Å². The van der Waals surface area contributed by atoms with Crippen molar-refractivity contribution in [2.75, 3.05) is 33.3 Å². The van der Waals surface area contributed by atoms with Crippen molar-refractivity contribution in [2.24, 2.45) is 4.99 Å². The predicted octanol–water partition coefficient (Wildman–Crippen LogP) is 5.82. The van der Waals surface area contributed by atoms with Crippen LogP contribution in [0.2, 0.25) is 0 Å². The fourth-order valence-corrected chi connectivity index (χ4v) is 5.49. The lowest BCUT2D eigenvalue weighted by Gasteiger charge is -2.35. The Bertz CT molecular complexity index is 1300. The molecule has 0 N–H and O–H groups in total. The molecule has 1 fully saturated rings. The summed E-state index contributed by atoms with van der Waals surface area (Å²) in [6, 6.07) is 24.2. The number of carbonyl (C=O) groups is 1. The van der Waals surface area contributed by atoms with Crippen molar-refractivity contribution in [3.8, 4) is 11.5 Å². The molecule has 0 atom stereocenters. The Kier molecular flexibility index (Phi) is 8.28. The minimum Gasteiger partial charge on any atom is -0.493 e. The molecule has 5 rings (SSSR count). The summed E-state index contributed by atoms with van der Waals surface area (Å²) in [5.74, 6) is 1.09. The molecule has 6 nitrogen and oxygen atoms in total. The number of amides is 1. The van der Waals surface area contributed by atoms with E-state index < -0.39 is 0 Å². The lowest BCUT2D eigenvalue weighted by atomic mass is 10.2. The van der Waals surface area contributed by atoms with Crippen molar-refractivity contribution in [3.05, 3.63) is 98.9 Å². The quantitative estimate of drug-likeness (QED) is 0.329. The van der Waals surface area contributed by atoms with Gasteiger partial charge in [0.1, 0.15) is 6.61 Å². The number of piperazine rings is 1. The number of nitrogens with zero attached hydrogens (tertiary/aromatic N) is 3. The van der Waals surface area contributed by atoms with Gasteiger partial charge >= 0.3 is 0 Å². The molecule has 2 aliphatic rings. The Hall–Kier alpha value is -3.07. The molecule has 37 heavy (non-hydrogen) atoms. The summed E-state index contributed by atoms with van der Waals surface area (Å²) in [5, 5.41) is 0.789. The molecule has 0 saturated carbocycles. The van der Waals surface area contributed by atoms with Crippen LogP contribution in [0.1, 0.15) is 16.7 Å². The molecule has 0 aromatic heterocycles. The lowest BCUT2D eigenvalue weighted by molar-refractivity contribution is -0.113. The monoisotopic (exact) mass is 577 g/mol. The molecule has 8 heteroatoms. The standard InChI is InChI=1S/C29H28BrN3O3S/c1-35-26-17-23(9-12-25(26)36-20-22-7-10-24(30)11-8-22)18-27-28(34)31-29(37-27)33-15-13-32(14-16-33)19-21-5-3-2-4-6-21/h2-12,17-18H,13-16,19-20H2,1H3/b27-18-. The topological polar surface area (TPSA) is 54.4 Å². The second-order valence-corrected chi connectivity index (χ2v) is 10.8. The molecule has 0 spiro atoms. The molecule has 3 aromatic carbocycles. The number of amidine groups is 1. The van der Waals surface area contributed by atoms with Crippen LogP contribution in [-0.4, -0.2) is 54.2 Å². The van der Waals surface area contributed by atoms with Crippen LogP contribution in [0.4, 0.5) is 0 Å². The molecule has 0 radical (unpaired) electrons. The minimum absolute atomic E-state index is 0.193. The van der Waals surface area contributed by atoms with Gasteiger partial charge in [0.25, 0.3) is 5.91 Å². The Morgan fingerprint density at radius 3 is 2.43 bits per heavy atom. The highest BCUT2D eigenvalue weighted by molar-refractivity contribution is 9.10. The Balaban J connectivity index is 1.18. The Morgan fingerprint density at radius 2 is 1.70 bits per heavy atom. The van der Waals surface area contributed by atoms with Crippen molar-refractivity contribution in [2.45, 2.75) is 13.2 Å². The fraction of sp³-hybridized carbons (Fsp3) is 0.241. The highest BCUT2D eigenvalue weighted by Gasteiger charge is 2.28. The third-order valence-electron chi connectivity index (χ3n) is 6.29. The van der Waals surface area contributed by atoms with Crippen LogP contribution in [0.5, 0.6) is 11.5 Å². The highest BCUT2D eigenvalue weighted by Crippen LogP contribution is 2.34. The SMILES string of the molecule is COc1cc(/C=C2\SC(N3CCN(Cc4ccccc4)CC3)=NC2=O)ccc1OCc1ccc(Br)cc1.